The van der Waals surface area contributed by atoms with E-state index in [1.165, 1.54) is 12.8 Å². The van der Waals surface area contributed by atoms with Gasteiger partial charge in [0.1, 0.15) is 6.61 Å². The van der Waals surface area contributed by atoms with Gasteiger partial charge in [0.2, 0.25) is 5.91 Å². The van der Waals surface area contributed by atoms with Gasteiger partial charge in [-0.1, -0.05) is 57.5 Å². The van der Waals surface area contributed by atoms with Gasteiger partial charge in [0.05, 0.1) is 6.10 Å². The van der Waals surface area contributed by atoms with Crippen LogP contribution in [0.3, 0.4) is 0 Å². The quantitative estimate of drug-likeness (QED) is 0.418. The molecule has 0 spiro atoms. The molecule has 0 aliphatic heterocycles. The van der Waals surface area contributed by atoms with Gasteiger partial charge in [0, 0.05) is 23.5 Å². The van der Waals surface area contributed by atoms with Crippen LogP contribution < -0.4 is 10.6 Å². The smallest absolute Gasteiger partial charge is 0.250 e. The molecule has 1 saturated carbocycles. The number of hydrogen-bond donors (Lipinski definition) is 3. The van der Waals surface area contributed by atoms with E-state index >= 15 is 0 Å². The molecule has 2 aromatic carbocycles. The van der Waals surface area contributed by atoms with Crippen LogP contribution in [-0.4, -0.2) is 39.2 Å². The van der Waals surface area contributed by atoms with Crippen molar-refractivity contribution in [3.63, 3.8) is 0 Å². The molecule has 8 nitrogen and oxygen atoms in total. The lowest BCUT2D eigenvalue weighted by atomic mass is 9.75. The minimum atomic E-state index is -0.115. The van der Waals surface area contributed by atoms with E-state index in [-0.39, 0.29) is 18.6 Å². The minimum Gasteiger partial charge on any atom is -0.381 e. The van der Waals surface area contributed by atoms with E-state index in [1.807, 2.05) is 48.5 Å². The number of carbonyl (C=O) groups excluding carboxylic acids is 1. The van der Waals surface area contributed by atoms with Gasteiger partial charge in [-0.05, 0) is 64.8 Å². The Morgan fingerprint density at radius 1 is 1.15 bits per heavy atom. The number of benzene rings is 2. The molecule has 4 rings (SSSR count). The van der Waals surface area contributed by atoms with E-state index in [0.717, 1.165) is 28.9 Å². The summed E-state index contributed by atoms with van der Waals surface area (Å²) in [6.07, 6.45) is 3.62. The Balaban J connectivity index is 1.27. The van der Waals surface area contributed by atoms with Crippen molar-refractivity contribution in [2.75, 3.05) is 17.2 Å². The highest BCUT2D eigenvalue weighted by molar-refractivity contribution is 5.92. The number of aromatic amines is 1. The third kappa shape index (κ3) is 6.41. The zero-order chi connectivity index (χ0) is 23.9. The molecule has 1 fully saturated rings. The van der Waals surface area contributed by atoms with E-state index in [1.54, 1.807) is 0 Å². The second-order valence-corrected chi connectivity index (χ2v) is 9.60. The van der Waals surface area contributed by atoms with Gasteiger partial charge >= 0.3 is 0 Å². The Hall–Kier alpha value is -3.26. The maximum atomic E-state index is 12.6. The summed E-state index contributed by atoms with van der Waals surface area (Å²) in [6.45, 7) is 7.51. The molecule has 0 saturated heterocycles. The number of H-pyrrole nitrogens is 1. The number of ether oxygens (including phenoxy) is 1. The van der Waals surface area contributed by atoms with Gasteiger partial charge in [-0.15, -0.1) is 5.10 Å². The maximum absolute atomic E-state index is 12.6. The Labute approximate surface area is 200 Å². The van der Waals surface area contributed by atoms with Crippen LogP contribution in [-0.2, 0) is 16.1 Å². The summed E-state index contributed by atoms with van der Waals surface area (Å²) in [6, 6.07) is 15.8. The van der Waals surface area contributed by atoms with E-state index in [0.29, 0.717) is 30.1 Å². The Bertz CT molecular complexity index is 1050. The summed E-state index contributed by atoms with van der Waals surface area (Å²) in [5.41, 5.74) is 3.75. The SMILES string of the molecule is CC1CCC(C(C)C)C(OCC(=O)Nc2cccc(NCc3ccc(-c4nnn[nH]4)cc3)c2)C1. The number of aromatic nitrogens is 4. The van der Waals surface area contributed by atoms with Crippen molar-refractivity contribution in [3.05, 3.63) is 54.1 Å². The number of hydrogen-bond acceptors (Lipinski definition) is 6. The molecule has 0 bridgehead atoms. The molecule has 3 unspecified atom stereocenters. The topological polar surface area (TPSA) is 105 Å². The van der Waals surface area contributed by atoms with Gasteiger partial charge in [0.15, 0.2) is 5.82 Å². The molecule has 180 valence electrons. The highest BCUT2D eigenvalue weighted by Gasteiger charge is 2.31. The molecule has 1 aromatic heterocycles. The van der Waals surface area contributed by atoms with Crippen LogP contribution in [0.25, 0.3) is 11.4 Å². The number of carbonyl (C=O) groups is 1. The fraction of sp³-hybridized carbons (Fsp3) is 0.462. The summed E-state index contributed by atoms with van der Waals surface area (Å²) in [4.78, 5) is 12.6. The number of rotatable bonds is 9. The lowest BCUT2D eigenvalue weighted by Gasteiger charge is -2.37. The average molecular weight is 463 g/mol. The van der Waals surface area contributed by atoms with E-state index < -0.39 is 0 Å². The molecule has 1 amide bonds. The normalized spacial score (nSPS) is 20.3. The van der Waals surface area contributed by atoms with Crippen molar-refractivity contribution in [1.82, 2.24) is 20.6 Å². The number of tetrazole rings is 1. The van der Waals surface area contributed by atoms with Crippen LogP contribution in [0.15, 0.2) is 48.5 Å². The number of nitrogens with one attached hydrogen (secondary N) is 3. The molecule has 0 radical (unpaired) electrons. The summed E-state index contributed by atoms with van der Waals surface area (Å²) >= 11 is 0. The Morgan fingerprint density at radius 2 is 1.94 bits per heavy atom. The van der Waals surface area contributed by atoms with Crippen molar-refractivity contribution >= 4 is 17.3 Å². The molecular formula is C26H34N6O2. The summed E-state index contributed by atoms with van der Waals surface area (Å²) < 4.78 is 6.09. The lowest BCUT2D eigenvalue weighted by molar-refractivity contribution is -0.126. The lowest BCUT2D eigenvalue weighted by Crippen LogP contribution is -2.36. The molecule has 1 heterocycles. The second kappa shape index (κ2) is 11.2. The van der Waals surface area contributed by atoms with Crippen molar-refractivity contribution < 1.29 is 9.53 Å². The Kier molecular flexibility index (Phi) is 7.90. The van der Waals surface area contributed by atoms with Crippen LogP contribution in [0.1, 0.15) is 45.6 Å². The second-order valence-electron chi connectivity index (χ2n) is 9.60. The molecule has 1 aliphatic carbocycles. The van der Waals surface area contributed by atoms with Crippen molar-refractivity contribution in [1.29, 1.82) is 0 Å². The number of anilines is 2. The first kappa shape index (κ1) is 23.9. The first-order valence-electron chi connectivity index (χ1n) is 12.1. The van der Waals surface area contributed by atoms with Crippen LogP contribution in [0, 0.1) is 17.8 Å². The number of amides is 1. The maximum Gasteiger partial charge on any atom is 0.250 e. The third-order valence-corrected chi connectivity index (χ3v) is 6.61. The average Bonchev–Trinajstić information content (AvgIpc) is 3.37. The standard InChI is InChI=1S/C26H34N6O2/c1-17(2)23-12-7-18(3)13-24(23)34-16-25(33)28-22-6-4-5-21(14-22)27-15-19-8-10-20(11-9-19)26-29-31-32-30-26/h4-6,8-11,14,17-18,23-24,27H,7,12-13,15-16H2,1-3H3,(H,28,33)(H,29,30,31,32). The molecule has 3 aromatic rings. The zero-order valence-corrected chi connectivity index (χ0v) is 20.1. The van der Waals surface area contributed by atoms with Crippen LogP contribution >= 0.6 is 0 Å². The van der Waals surface area contributed by atoms with E-state index in [4.69, 9.17) is 4.74 Å². The minimum absolute atomic E-state index is 0.0886. The van der Waals surface area contributed by atoms with Gasteiger partial charge < -0.3 is 15.4 Å². The number of nitrogens with zero attached hydrogens (tertiary/aromatic N) is 3. The summed E-state index contributed by atoms with van der Waals surface area (Å²) in [5, 5.41) is 20.3. The highest BCUT2D eigenvalue weighted by Crippen LogP contribution is 2.35. The monoisotopic (exact) mass is 462 g/mol. The largest absolute Gasteiger partial charge is 0.381 e. The van der Waals surface area contributed by atoms with Crippen molar-refractivity contribution in [2.24, 2.45) is 17.8 Å². The highest BCUT2D eigenvalue weighted by atomic mass is 16.5. The van der Waals surface area contributed by atoms with Crippen LogP contribution in [0.5, 0.6) is 0 Å². The zero-order valence-electron chi connectivity index (χ0n) is 20.1. The van der Waals surface area contributed by atoms with Crippen LogP contribution in [0.2, 0.25) is 0 Å². The van der Waals surface area contributed by atoms with Crippen molar-refractivity contribution in [2.45, 2.75) is 52.7 Å². The van der Waals surface area contributed by atoms with Gasteiger partial charge in [0.25, 0.3) is 0 Å². The molecule has 3 N–H and O–H groups in total. The van der Waals surface area contributed by atoms with Gasteiger partial charge in [-0.3, -0.25) is 4.79 Å². The molecule has 34 heavy (non-hydrogen) atoms. The summed E-state index contributed by atoms with van der Waals surface area (Å²) in [7, 11) is 0. The van der Waals surface area contributed by atoms with Crippen LogP contribution in [0.4, 0.5) is 11.4 Å². The first-order valence-corrected chi connectivity index (χ1v) is 12.1. The van der Waals surface area contributed by atoms with E-state index in [2.05, 4.69) is 52.0 Å². The molecule has 3 atom stereocenters. The predicted octanol–water partition coefficient (Wildman–Crippen LogP) is 4.89. The van der Waals surface area contributed by atoms with Crippen molar-refractivity contribution in [3.8, 4) is 11.4 Å². The third-order valence-electron chi connectivity index (χ3n) is 6.61. The molecular weight excluding hydrogens is 428 g/mol. The van der Waals surface area contributed by atoms with Gasteiger partial charge in [-0.2, -0.15) is 0 Å². The fourth-order valence-electron chi connectivity index (χ4n) is 4.66. The predicted molar refractivity (Wildman–Crippen MR) is 133 cm³/mol. The fourth-order valence-corrected chi connectivity index (χ4v) is 4.66. The van der Waals surface area contributed by atoms with E-state index in [9.17, 15) is 4.79 Å². The Morgan fingerprint density at radius 3 is 2.68 bits per heavy atom. The van der Waals surface area contributed by atoms with Gasteiger partial charge in [-0.25, -0.2) is 5.10 Å². The molecule has 8 heteroatoms. The first-order chi connectivity index (χ1) is 16.5. The molecule has 1 aliphatic rings. The summed E-state index contributed by atoms with van der Waals surface area (Å²) in [5.74, 6) is 2.28.